The van der Waals surface area contributed by atoms with Crippen LogP contribution in [0.3, 0.4) is 0 Å². The summed E-state index contributed by atoms with van der Waals surface area (Å²) in [6.45, 7) is 6.19. The Hall–Kier alpha value is -3.80. The normalized spacial score (nSPS) is 14.1. The van der Waals surface area contributed by atoms with E-state index in [1.165, 1.54) is 0 Å². The molecule has 0 spiro atoms. The maximum atomic E-state index is 14.0. The van der Waals surface area contributed by atoms with Gasteiger partial charge in [0.2, 0.25) is 11.6 Å². The lowest BCUT2D eigenvalue weighted by atomic mass is 9.83. The highest BCUT2D eigenvalue weighted by molar-refractivity contribution is 6.58. The minimum absolute atomic E-state index is 0.0523. The average Bonchev–Trinajstić information content (AvgIpc) is 2.96. The maximum absolute atomic E-state index is 14.0. The van der Waals surface area contributed by atoms with Crippen LogP contribution >= 0.6 is 0 Å². The van der Waals surface area contributed by atoms with E-state index in [-0.39, 0.29) is 35.5 Å². The van der Waals surface area contributed by atoms with Gasteiger partial charge in [0.05, 0.1) is 0 Å². The summed E-state index contributed by atoms with van der Waals surface area (Å²) in [5, 5.41) is 1.79. The summed E-state index contributed by atoms with van der Waals surface area (Å²) >= 11 is 0. The number of carbonyl (C=O) groups excluding carboxylic acids is 4. The quantitative estimate of drug-likeness (QED) is 0.284. The molecule has 6 nitrogen and oxygen atoms in total. The zero-order valence-corrected chi connectivity index (χ0v) is 23.8. The molecule has 210 valence electrons. The van der Waals surface area contributed by atoms with E-state index in [9.17, 15) is 19.2 Å². The molecule has 0 bridgehead atoms. The van der Waals surface area contributed by atoms with Crippen molar-refractivity contribution in [2.24, 2.45) is 0 Å². The molecular formula is C34H38O6. The predicted molar refractivity (Wildman–Crippen MR) is 154 cm³/mol. The van der Waals surface area contributed by atoms with Crippen LogP contribution in [0.4, 0.5) is 0 Å². The molecule has 2 aromatic rings. The number of Topliss-reactive ketones (excluding diaryl/α,β-unsaturated/α-hetero) is 2. The molecule has 0 aliphatic heterocycles. The highest BCUT2D eigenvalue weighted by atomic mass is 16.5. The predicted octanol–water partition coefficient (Wildman–Crippen LogP) is 3.66. The minimum atomic E-state index is -0.514. The van der Waals surface area contributed by atoms with Crippen LogP contribution in [0.2, 0.25) is 0 Å². The van der Waals surface area contributed by atoms with Gasteiger partial charge in [0.25, 0.3) is 0 Å². The Morgan fingerprint density at radius 3 is 1.62 bits per heavy atom. The van der Waals surface area contributed by atoms with Crippen molar-refractivity contribution in [3.63, 3.8) is 0 Å². The Balaban J connectivity index is 1.85. The fraction of sp³-hybridized carbons (Fsp3) is 0.412. The maximum Gasteiger partial charge on any atom is 0.311 e. The third-order valence-corrected chi connectivity index (χ3v) is 7.46. The second-order valence-electron chi connectivity index (χ2n) is 10.4. The molecule has 0 saturated heterocycles. The van der Waals surface area contributed by atoms with Gasteiger partial charge in [0, 0.05) is 34.4 Å². The number of fused-ring (bicyclic) bond motifs is 3. The number of ketones is 2. The van der Waals surface area contributed by atoms with E-state index in [0.717, 1.165) is 44.1 Å². The number of ether oxygens (including phenoxy) is 2. The highest BCUT2D eigenvalue weighted by Crippen LogP contribution is 2.26. The Labute approximate surface area is 235 Å². The molecule has 0 amide bonds. The number of carbonyl (C=O) groups is 4. The van der Waals surface area contributed by atoms with Gasteiger partial charge in [-0.1, -0.05) is 95.7 Å². The summed E-state index contributed by atoms with van der Waals surface area (Å²) in [7, 11) is 0. The number of esters is 2. The van der Waals surface area contributed by atoms with Crippen LogP contribution in [0.5, 0.6) is 0 Å². The molecule has 0 heterocycles. The third kappa shape index (κ3) is 6.16. The monoisotopic (exact) mass is 542 g/mol. The summed E-state index contributed by atoms with van der Waals surface area (Å²) in [4.78, 5) is 53.6. The van der Waals surface area contributed by atoms with Crippen molar-refractivity contribution in [1.29, 1.82) is 0 Å². The van der Waals surface area contributed by atoms with E-state index in [4.69, 9.17) is 9.47 Å². The molecule has 0 N–H and O–H groups in total. The van der Waals surface area contributed by atoms with Gasteiger partial charge in [0.15, 0.2) is 11.5 Å². The first-order valence-electron chi connectivity index (χ1n) is 14.6. The van der Waals surface area contributed by atoms with E-state index >= 15 is 0 Å². The molecule has 0 atom stereocenters. The van der Waals surface area contributed by atoms with Gasteiger partial charge < -0.3 is 9.47 Å². The largest absolute Gasteiger partial charge is 0.422 e. The highest BCUT2D eigenvalue weighted by Gasteiger charge is 2.37. The van der Waals surface area contributed by atoms with Gasteiger partial charge in [-0.25, -0.2) is 0 Å². The van der Waals surface area contributed by atoms with Crippen LogP contribution in [0, 0.1) is 0 Å². The molecule has 2 aliphatic rings. The second kappa shape index (κ2) is 13.5. The summed E-state index contributed by atoms with van der Waals surface area (Å²) < 4.78 is 11.5. The Bertz CT molecular complexity index is 1580. The first-order chi connectivity index (χ1) is 19.4. The number of hydrogen-bond acceptors (Lipinski definition) is 6. The van der Waals surface area contributed by atoms with Gasteiger partial charge in [-0.05, 0) is 41.3 Å². The van der Waals surface area contributed by atoms with Gasteiger partial charge in [-0.3, -0.25) is 19.2 Å². The van der Waals surface area contributed by atoms with E-state index in [0.29, 0.717) is 40.1 Å². The molecule has 0 saturated carbocycles. The van der Waals surface area contributed by atoms with Crippen molar-refractivity contribution >= 4 is 46.2 Å². The lowest BCUT2D eigenvalue weighted by molar-refractivity contribution is -0.139. The smallest absolute Gasteiger partial charge is 0.311 e. The second-order valence-corrected chi connectivity index (χ2v) is 10.4. The molecule has 40 heavy (non-hydrogen) atoms. The van der Waals surface area contributed by atoms with Gasteiger partial charge >= 0.3 is 11.9 Å². The van der Waals surface area contributed by atoms with E-state index in [1.54, 1.807) is 30.3 Å². The van der Waals surface area contributed by atoms with Crippen LogP contribution < -0.4 is 20.9 Å². The molecule has 2 aliphatic carbocycles. The third-order valence-electron chi connectivity index (χ3n) is 7.46. The fourth-order valence-corrected chi connectivity index (χ4v) is 5.25. The molecule has 4 rings (SSSR count). The summed E-state index contributed by atoms with van der Waals surface area (Å²) in [6, 6.07) is 12.4. The van der Waals surface area contributed by atoms with Crippen LogP contribution in [-0.4, -0.2) is 23.5 Å². The summed E-state index contributed by atoms with van der Waals surface area (Å²) in [6.07, 6.45) is 8.50. The molecule has 0 aromatic heterocycles. The standard InChI is InChI=1S/C34H38O6/c1-4-7-9-11-17-27(35)39-33-25-16-14-13-15-23(25)29-30(31(33)37)24-20-19-22(6-3)21-26(24)34(32(29)38)40-28(36)18-12-10-8-5-2/h13-16,19-21H,4-12,17-18H2,1-3H3. The van der Waals surface area contributed by atoms with Crippen LogP contribution in [0.15, 0.2) is 42.5 Å². The minimum Gasteiger partial charge on any atom is -0.422 e. The average molecular weight is 543 g/mol. The van der Waals surface area contributed by atoms with E-state index < -0.39 is 23.5 Å². The SMILES string of the molecule is CCCCCCC(=O)OC1=c2ccccc2=C2C(=O)C(OC(=O)CCCCCC)=c3cc(CC)ccc3=C2C1=O. The Kier molecular flexibility index (Phi) is 9.86. The van der Waals surface area contributed by atoms with Crippen molar-refractivity contribution in [3.8, 4) is 0 Å². The molecule has 0 fully saturated rings. The number of benzene rings is 2. The van der Waals surface area contributed by atoms with Crippen LogP contribution in [0.1, 0.15) is 90.5 Å². The Morgan fingerprint density at radius 2 is 1.10 bits per heavy atom. The van der Waals surface area contributed by atoms with Gasteiger partial charge in [0.1, 0.15) is 0 Å². The molecule has 2 aromatic carbocycles. The zero-order valence-electron chi connectivity index (χ0n) is 23.8. The number of unbranched alkanes of at least 4 members (excludes halogenated alkanes) is 6. The lowest BCUT2D eigenvalue weighted by Crippen LogP contribution is -2.48. The summed E-state index contributed by atoms with van der Waals surface area (Å²) in [5.74, 6) is -2.07. The van der Waals surface area contributed by atoms with Crippen molar-refractivity contribution in [2.45, 2.75) is 91.4 Å². The first-order valence-corrected chi connectivity index (χ1v) is 14.6. The van der Waals surface area contributed by atoms with E-state index in [2.05, 4.69) is 13.8 Å². The first kappa shape index (κ1) is 29.2. The van der Waals surface area contributed by atoms with Crippen molar-refractivity contribution < 1.29 is 28.7 Å². The van der Waals surface area contributed by atoms with Crippen LogP contribution in [-0.2, 0) is 35.1 Å². The van der Waals surface area contributed by atoms with E-state index in [1.807, 2.05) is 19.1 Å². The van der Waals surface area contributed by atoms with Gasteiger partial charge in [-0.15, -0.1) is 0 Å². The number of rotatable bonds is 13. The van der Waals surface area contributed by atoms with Crippen molar-refractivity contribution in [1.82, 2.24) is 0 Å². The van der Waals surface area contributed by atoms with Crippen molar-refractivity contribution in [2.75, 3.05) is 0 Å². The number of aryl methyl sites for hydroxylation is 1. The van der Waals surface area contributed by atoms with Crippen molar-refractivity contribution in [3.05, 3.63) is 68.9 Å². The molecule has 0 unspecified atom stereocenters. The zero-order chi connectivity index (χ0) is 28.6. The topological polar surface area (TPSA) is 86.7 Å². The molecule has 6 heteroatoms. The molecular weight excluding hydrogens is 504 g/mol. The summed E-state index contributed by atoms with van der Waals surface area (Å²) in [5.41, 5.74) is 1.30. The number of hydrogen-bond donors (Lipinski definition) is 0. The van der Waals surface area contributed by atoms with Gasteiger partial charge in [-0.2, -0.15) is 0 Å². The van der Waals surface area contributed by atoms with Crippen LogP contribution in [0.25, 0.3) is 22.7 Å². The lowest BCUT2D eigenvalue weighted by Gasteiger charge is -2.22. The fourth-order valence-electron chi connectivity index (χ4n) is 5.25. The molecule has 0 radical (unpaired) electrons. The Morgan fingerprint density at radius 1 is 0.600 bits per heavy atom.